The van der Waals surface area contributed by atoms with Crippen molar-refractivity contribution >= 4 is 0 Å². The number of benzene rings is 1. The lowest BCUT2D eigenvalue weighted by Crippen LogP contribution is -2.00. The average Bonchev–Trinajstić information content (AvgIpc) is 2.88. The third-order valence-electron chi connectivity index (χ3n) is 3.43. The summed E-state index contributed by atoms with van der Waals surface area (Å²) in [7, 11) is 0. The van der Waals surface area contributed by atoms with E-state index in [4.69, 9.17) is 4.42 Å². The van der Waals surface area contributed by atoms with E-state index in [0.717, 1.165) is 17.7 Å². The van der Waals surface area contributed by atoms with Crippen LogP contribution < -0.4 is 0 Å². The Balaban J connectivity index is 2.03. The molecule has 2 rings (SSSR count). The number of hydrogen-bond donors (Lipinski definition) is 1. The van der Waals surface area contributed by atoms with Crippen LogP contribution in [0.4, 0.5) is 0 Å². The van der Waals surface area contributed by atoms with E-state index in [1.807, 2.05) is 19.1 Å². The van der Waals surface area contributed by atoms with Gasteiger partial charge in [0.05, 0.1) is 0 Å². The first-order valence-electron chi connectivity index (χ1n) is 6.95. The Morgan fingerprint density at radius 3 is 2.26 bits per heavy atom. The number of aryl methyl sites for hydroxylation is 1. The van der Waals surface area contributed by atoms with Crippen LogP contribution >= 0.6 is 0 Å². The van der Waals surface area contributed by atoms with E-state index in [0.29, 0.717) is 18.1 Å². The minimum atomic E-state index is -0.565. The highest BCUT2D eigenvalue weighted by Crippen LogP contribution is 2.22. The summed E-state index contributed by atoms with van der Waals surface area (Å²) in [5, 5.41) is 10.2. The summed E-state index contributed by atoms with van der Waals surface area (Å²) in [6, 6.07) is 12.2. The Morgan fingerprint density at radius 1 is 1.05 bits per heavy atom. The van der Waals surface area contributed by atoms with E-state index in [1.165, 1.54) is 5.56 Å². The second-order valence-electron chi connectivity index (χ2n) is 5.27. The number of aliphatic hydroxyl groups is 1. The second kappa shape index (κ2) is 6.07. The summed E-state index contributed by atoms with van der Waals surface area (Å²) >= 11 is 0. The van der Waals surface area contributed by atoms with Crippen LogP contribution in [0.5, 0.6) is 0 Å². The summed E-state index contributed by atoms with van der Waals surface area (Å²) in [6.45, 7) is 6.40. The van der Waals surface area contributed by atoms with E-state index in [1.54, 1.807) is 0 Å². The molecule has 1 heterocycles. The predicted molar refractivity (Wildman–Crippen MR) is 77.3 cm³/mol. The van der Waals surface area contributed by atoms with Gasteiger partial charge in [0.25, 0.3) is 0 Å². The Morgan fingerprint density at radius 2 is 1.74 bits per heavy atom. The van der Waals surface area contributed by atoms with Gasteiger partial charge in [-0.2, -0.15) is 0 Å². The van der Waals surface area contributed by atoms with Crippen LogP contribution in [0, 0.1) is 0 Å². The molecule has 2 nitrogen and oxygen atoms in total. The molecule has 19 heavy (non-hydrogen) atoms. The van der Waals surface area contributed by atoms with Gasteiger partial charge < -0.3 is 9.52 Å². The van der Waals surface area contributed by atoms with Crippen molar-refractivity contribution in [2.75, 3.05) is 0 Å². The molecule has 1 atom stereocenters. The zero-order valence-corrected chi connectivity index (χ0v) is 11.9. The van der Waals surface area contributed by atoms with Crippen molar-refractivity contribution in [2.45, 2.75) is 45.6 Å². The van der Waals surface area contributed by atoms with Crippen LogP contribution in [0.3, 0.4) is 0 Å². The lowest BCUT2D eigenvalue weighted by molar-refractivity contribution is 0.148. The molecule has 0 aliphatic heterocycles. The Labute approximate surface area is 115 Å². The largest absolute Gasteiger partial charge is 0.463 e. The highest BCUT2D eigenvalue weighted by Gasteiger charge is 2.13. The van der Waals surface area contributed by atoms with Gasteiger partial charge in [0, 0.05) is 12.8 Å². The van der Waals surface area contributed by atoms with Crippen LogP contribution in [0.25, 0.3) is 0 Å². The van der Waals surface area contributed by atoms with Gasteiger partial charge in [-0.25, -0.2) is 0 Å². The fourth-order valence-corrected chi connectivity index (χ4v) is 2.13. The van der Waals surface area contributed by atoms with Crippen LogP contribution in [-0.4, -0.2) is 5.11 Å². The summed E-state index contributed by atoms with van der Waals surface area (Å²) < 4.78 is 5.58. The van der Waals surface area contributed by atoms with Crippen molar-refractivity contribution in [3.05, 3.63) is 59.0 Å². The third kappa shape index (κ3) is 3.48. The van der Waals surface area contributed by atoms with Gasteiger partial charge in [-0.1, -0.05) is 45.0 Å². The highest BCUT2D eigenvalue weighted by molar-refractivity contribution is 5.26. The van der Waals surface area contributed by atoms with Crippen molar-refractivity contribution in [3.63, 3.8) is 0 Å². The molecule has 0 saturated heterocycles. The molecule has 1 N–H and O–H groups in total. The molecular weight excluding hydrogens is 236 g/mol. The molecule has 1 aromatic heterocycles. The van der Waals surface area contributed by atoms with Gasteiger partial charge in [-0.3, -0.25) is 0 Å². The van der Waals surface area contributed by atoms with Crippen molar-refractivity contribution in [1.29, 1.82) is 0 Å². The Kier molecular flexibility index (Phi) is 4.43. The van der Waals surface area contributed by atoms with Crippen LogP contribution in [0.1, 0.15) is 55.4 Å². The number of aliphatic hydroxyl groups excluding tert-OH is 1. The minimum absolute atomic E-state index is 0.538. The summed E-state index contributed by atoms with van der Waals surface area (Å²) in [5.74, 6) is 2.12. The lowest BCUT2D eigenvalue weighted by Gasteiger charge is -2.10. The molecule has 0 bridgehead atoms. The molecule has 0 fully saturated rings. The minimum Gasteiger partial charge on any atom is -0.463 e. The van der Waals surface area contributed by atoms with E-state index < -0.39 is 6.10 Å². The zero-order chi connectivity index (χ0) is 13.8. The molecule has 1 aromatic carbocycles. The van der Waals surface area contributed by atoms with Crippen LogP contribution in [0.2, 0.25) is 0 Å². The van der Waals surface area contributed by atoms with Gasteiger partial charge in [0.15, 0.2) is 0 Å². The van der Waals surface area contributed by atoms with Crippen molar-refractivity contribution < 1.29 is 9.52 Å². The quantitative estimate of drug-likeness (QED) is 0.870. The molecule has 0 amide bonds. The molecular formula is C17H22O2. The number of rotatable bonds is 5. The molecule has 0 aliphatic rings. The molecule has 2 heteroatoms. The van der Waals surface area contributed by atoms with Crippen molar-refractivity contribution in [3.8, 4) is 0 Å². The van der Waals surface area contributed by atoms with E-state index in [9.17, 15) is 5.11 Å². The first-order chi connectivity index (χ1) is 9.10. The fourth-order valence-electron chi connectivity index (χ4n) is 2.13. The second-order valence-corrected chi connectivity index (χ2v) is 5.27. The molecule has 0 spiro atoms. The number of hydrogen-bond acceptors (Lipinski definition) is 2. The monoisotopic (exact) mass is 258 g/mol. The topological polar surface area (TPSA) is 33.4 Å². The SMILES string of the molecule is CCc1ccc(C(O)Cc2ccc(C(C)C)cc2)o1. The summed E-state index contributed by atoms with van der Waals surface area (Å²) in [5.41, 5.74) is 2.45. The van der Waals surface area contributed by atoms with E-state index >= 15 is 0 Å². The molecule has 1 unspecified atom stereocenters. The van der Waals surface area contributed by atoms with Crippen molar-refractivity contribution in [2.24, 2.45) is 0 Å². The first kappa shape index (κ1) is 13.9. The third-order valence-corrected chi connectivity index (χ3v) is 3.43. The lowest BCUT2D eigenvalue weighted by atomic mass is 9.99. The van der Waals surface area contributed by atoms with Gasteiger partial charge in [0.2, 0.25) is 0 Å². The van der Waals surface area contributed by atoms with Gasteiger partial charge in [-0.05, 0) is 29.2 Å². The average molecular weight is 258 g/mol. The first-order valence-corrected chi connectivity index (χ1v) is 6.95. The smallest absolute Gasteiger partial charge is 0.133 e. The molecule has 0 aliphatic carbocycles. The Hall–Kier alpha value is -1.54. The molecule has 0 saturated carbocycles. The maximum Gasteiger partial charge on any atom is 0.133 e. The van der Waals surface area contributed by atoms with Crippen molar-refractivity contribution in [1.82, 2.24) is 0 Å². The van der Waals surface area contributed by atoms with E-state index in [2.05, 4.69) is 38.1 Å². The maximum atomic E-state index is 10.2. The summed E-state index contributed by atoms with van der Waals surface area (Å²) in [4.78, 5) is 0. The predicted octanol–water partition coefficient (Wildman–Crippen LogP) is 4.24. The van der Waals surface area contributed by atoms with Gasteiger partial charge in [0.1, 0.15) is 17.6 Å². The normalized spacial score (nSPS) is 12.9. The van der Waals surface area contributed by atoms with Crippen LogP contribution in [-0.2, 0) is 12.8 Å². The molecule has 2 aromatic rings. The maximum absolute atomic E-state index is 10.2. The number of furan rings is 1. The molecule has 0 radical (unpaired) electrons. The Bertz CT molecular complexity index is 508. The standard InChI is InChI=1S/C17H22O2/c1-4-15-9-10-17(19-15)16(18)11-13-5-7-14(8-6-13)12(2)3/h5-10,12,16,18H,4,11H2,1-3H3. The molecule has 102 valence electrons. The summed E-state index contributed by atoms with van der Waals surface area (Å²) in [6.07, 6.45) is 0.885. The van der Waals surface area contributed by atoms with Gasteiger partial charge >= 0.3 is 0 Å². The van der Waals surface area contributed by atoms with E-state index in [-0.39, 0.29) is 0 Å². The van der Waals surface area contributed by atoms with Gasteiger partial charge in [-0.15, -0.1) is 0 Å². The highest BCUT2D eigenvalue weighted by atomic mass is 16.4. The van der Waals surface area contributed by atoms with Crippen LogP contribution in [0.15, 0.2) is 40.8 Å². The zero-order valence-electron chi connectivity index (χ0n) is 11.9. The fraction of sp³-hybridized carbons (Fsp3) is 0.412.